The third-order valence-corrected chi connectivity index (χ3v) is 5.68. The number of nitrogens with zero attached hydrogens (tertiary/aromatic N) is 4. The van der Waals surface area contributed by atoms with E-state index in [1.54, 1.807) is 6.07 Å². The molecule has 2 fully saturated rings. The Hall–Kier alpha value is -2.96. The van der Waals surface area contributed by atoms with Crippen LogP contribution in [0.25, 0.3) is 11.3 Å². The van der Waals surface area contributed by atoms with E-state index in [2.05, 4.69) is 27.0 Å². The van der Waals surface area contributed by atoms with Crippen molar-refractivity contribution in [1.29, 1.82) is 0 Å². The van der Waals surface area contributed by atoms with Crippen molar-refractivity contribution in [1.82, 2.24) is 25.5 Å². The SMILES string of the molecule is O=C(NC1CC(n2cc(C3CCC3)nn2)C1)c1cc(-c2ccccc2)no1. The Bertz CT molecular complexity index is 938. The molecule has 2 heterocycles. The third kappa shape index (κ3) is 3.13. The molecule has 0 aliphatic heterocycles. The number of nitrogens with one attached hydrogen (secondary N) is 1. The number of hydrogen-bond acceptors (Lipinski definition) is 5. The average molecular weight is 363 g/mol. The molecule has 0 saturated heterocycles. The third-order valence-electron chi connectivity index (χ3n) is 5.68. The van der Waals surface area contributed by atoms with Crippen LogP contribution in [0.2, 0.25) is 0 Å². The van der Waals surface area contributed by atoms with Gasteiger partial charge in [0.05, 0.1) is 11.7 Å². The van der Waals surface area contributed by atoms with Crippen LogP contribution in [-0.4, -0.2) is 32.1 Å². The van der Waals surface area contributed by atoms with E-state index >= 15 is 0 Å². The summed E-state index contributed by atoms with van der Waals surface area (Å²) in [5, 5.41) is 15.6. The average Bonchev–Trinajstić information content (AvgIpc) is 3.27. The minimum atomic E-state index is -0.220. The lowest BCUT2D eigenvalue weighted by atomic mass is 9.83. The highest BCUT2D eigenvalue weighted by atomic mass is 16.5. The van der Waals surface area contributed by atoms with Crippen LogP contribution in [0, 0.1) is 0 Å². The maximum absolute atomic E-state index is 12.4. The molecule has 2 saturated carbocycles. The van der Waals surface area contributed by atoms with Crippen LogP contribution in [0.3, 0.4) is 0 Å². The van der Waals surface area contributed by atoms with Crippen LogP contribution < -0.4 is 5.32 Å². The Morgan fingerprint density at radius 3 is 2.74 bits per heavy atom. The Morgan fingerprint density at radius 2 is 2.00 bits per heavy atom. The molecule has 1 aromatic carbocycles. The van der Waals surface area contributed by atoms with Gasteiger partial charge in [0.2, 0.25) is 5.76 Å². The Labute approximate surface area is 156 Å². The van der Waals surface area contributed by atoms with E-state index < -0.39 is 0 Å². The normalized spacial score (nSPS) is 22.1. The van der Waals surface area contributed by atoms with Gasteiger partial charge in [-0.2, -0.15) is 0 Å². The van der Waals surface area contributed by atoms with Gasteiger partial charge in [-0.15, -0.1) is 5.10 Å². The molecule has 0 bridgehead atoms. The molecule has 7 nitrogen and oxygen atoms in total. The lowest BCUT2D eigenvalue weighted by Crippen LogP contribution is -2.45. The van der Waals surface area contributed by atoms with Crippen molar-refractivity contribution in [2.24, 2.45) is 0 Å². The number of aromatic nitrogens is 4. The zero-order chi connectivity index (χ0) is 18.2. The zero-order valence-corrected chi connectivity index (χ0v) is 14.9. The summed E-state index contributed by atoms with van der Waals surface area (Å²) < 4.78 is 7.18. The number of rotatable bonds is 5. The summed E-state index contributed by atoms with van der Waals surface area (Å²) in [5.41, 5.74) is 2.71. The molecule has 27 heavy (non-hydrogen) atoms. The van der Waals surface area contributed by atoms with Gasteiger partial charge >= 0.3 is 0 Å². The molecule has 2 aliphatic carbocycles. The second-order valence-corrected chi connectivity index (χ2v) is 7.49. The molecule has 0 spiro atoms. The number of benzene rings is 1. The topological polar surface area (TPSA) is 85.8 Å². The van der Waals surface area contributed by atoms with Crippen LogP contribution >= 0.6 is 0 Å². The van der Waals surface area contributed by atoms with Gasteiger partial charge in [-0.3, -0.25) is 4.79 Å². The Kier molecular flexibility index (Phi) is 3.99. The maximum atomic E-state index is 12.4. The highest BCUT2D eigenvalue weighted by molar-refractivity contribution is 5.92. The smallest absolute Gasteiger partial charge is 0.290 e. The van der Waals surface area contributed by atoms with Crippen LogP contribution in [-0.2, 0) is 0 Å². The largest absolute Gasteiger partial charge is 0.350 e. The van der Waals surface area contributed by atoms with E-state index in [4.69, 9.17) is 4.52 Å². The van der Waals surface area contributed by atoms with Gasteiger partial charge in [-0.05, 0) is 25.7 Å². The fraction of sp³-hybridized carbons (Fsp3) is 0.400. The van der Waals surface area contributed by atoms with Crippen molar-refractivity contribution in [3.63, 3.8) is 0 Å². The van der Waals surface area contributed by atoms with Crippen LogP contribution in [0.4, 0.5) is 0 Å². The molecule has 7 heteroatoms. The molecule has 1 amide bonds. The van der Waals surface area contributed by atoms with E-state index in [1.807, 2.05) is 35.0 Å². The first-order chi connectivity index (χ1) is 13.3. The van der Waals surface area contributed by atoms with Gasteiger partial charge in [-0.1, -0.05) is 47.1 Å². The van der Waals surface area contributed by atoms with Crippen molar-refractivity contribution < 1.29 is 9.32 Å². The maximum Gasteiger partial charge on any atom is 0.290 e. The summed E-state index contributed by atoms with van der Waals surface area (Å²) in [5.74, 6) is 0.617. The van der Waals surface area contributed by atoms with Crippen molar-refractivity contribution in [3.8, 4) is 11.3 Å². The quantitative estimate of drug-likeness (QED) is 0.751. The van der Waals surface area contributed by atoms with Gasteiger partial charge in [-0.25, -0.2) is 4.68 Å². The van der Waals surface area contributed by atoms with E-state index in [1.165, 1.54) is 19.3 Å². The molecule has 1 N–H and O–H groups in total. The molecule has 2 aromatic heterocycles. The molecule has 2 aliphatic rings. The van der Waals surface area contributed by atoms with Crippen molar-refractivity contribution in [3.05, 3.63) is 54.0 Å². The summed E-state index contributed by atoms with van der Waals surface area (Å²) in [4.78, 5) is 12.4. The molecule has 0 unspecified atom stereocenters. The summed E-state index contributed by atoms with van der Waals surface area (Å²) in [6.07, 6.45) is 7.55. The molecule has 5 rings (SSSR count). The predicted octanol–water partition coefficient (Wildman–Crippen LogP) is 3.33. The molecule has 138 valence electrons. The summed E-state index contributed by atoms with van der Waals surface area (Å²) in [6.45, 7) is 0. The lowest BCUT2D eigenvalue weighted by Gasteiger charge is -2.35. The highest BCUT2D eigenvalue weighted by Crippen LogP contribution is 2.37. The van der Waals surface area contributed by atoms with E-state index in [0.717, 1.165) is 24.1 Å². The van der Waals surface area contributed by atoms with E-state index in [0.29, 0.717) is 17.7 Å². The number of amides is 1. The minimum absolute atomic E-state index is 0.129. The van der Waals surface area contributed by atoms with Gasteiger partial charge < -0.3 is 9.84 Å². The number of carbonyl (C=O) groups excluding carboxylic acids is 1. The van der Waals surface area contributed by atoms with E-state index in [9.17, 15) is 4.79 Å². The summed E-state index contributed by atoms with van der Waals surface area (Å²) >= 11 is 0. The van der Waals surface area contributed by atoms with Crippen LogP contribution in [0.15, 0.2) is 47.1 Å². The molecule has 0 atom stereocenters. The number of hydrogen-bond donors (Lipinski definition) is 1. The zero-order valence-electron chi connectivity index (χ0n) is 14.9. The van der Waals surface area contributed by atoms with Crippen molar-refractivity contribution in [2.75, 3.05) is 0 Å². The van der Waals surface area contributed by atoms with Gasteiger partial charge in [0.1, 0.15) is 5.69 Å². The minimum Gasteiger partial charge on any atom is -0.350 e. The molecular formula is C20H21N5O2. The van der Waals surface area contributed by atoms with Gasteiger partial charge in [0.25, 0.3) is 5.91 Å². The van der Waals surface area contributed by atoms with Crippen molar-refractivity contribution >= 4 is 5.91 Å². The second-order valence-electron chi connectivity index (χ2n) is 7.49. The standard InChI is InChI=1S/C20H21N5O2/c26-20(19-11-17(23-27-19)13-5-2-1-3-6-13)21-15-9-16(10-15)25-12-18(22-24-25)14-7-4-8-14/h1-3,5-6,11-12,14-16H,4,7-10H2,(H,21,26). The number of carbonyl (C=O) groups is 1. The monoisotopic (exact) mass is 363 g/mol. The summed E-state index contributed by atoms with van der Waals surface area (Å²) in [7, 11) is 0. The van der Waals surface area contributed by atoms with Crippen LogP contribution in [0.1, 0.15) is 60.3 Å². The lowest BCUT2D eigenvalue weighted by molar-refractivity contribution is 0.0850. The molecular weight excluding hydrogens is 342 g/mol. The van der Waals surface area contributed by atoms with E-state index in [-0.39, 0.29) is 17.7 Å². The second kappa shape index (κ2) is 6.64. The fourth-order valence-corrected chi connectivity index (χ4v) is 3.67. The highest BCUT2D eigenvalue weighted by Gasteiger charge is 2.34. The first-order valence-corrected chi connectivity index (χ1v) is 9.51. The Morgan fingerprint density at radius 1 is 1.19 bits per heavy atom. The van der Waals surface area contributed by atoms with Gasteiger partial charge in [0.15, 0.2) is 0 Å². The molecule has 3 aromatic rings. The summed E-state index contributed by atoms with van der Waals surface area (Å²) in [6, 6.07) is 11.8. The Balaban J connectivity index is 1.16. The first kappa shape index (κ1) is 16.2. The van der Waals surface area contributed by atoms with Crippen molar-refractivity contribution in [2.45, 2.75) is 50.1 Å². The fourth-order valence-electron chi connectivity index (χ4n) is 3.67. The first-order valence-electron chi connectivity index (χ1n) is 9.51. The van der Waals surface area contributed by atoms with Crippen LogP contribution in [0.5, 0.6) is 0 Å². The predicted molar refractivity (Wildman–Crippen MR) is 98.1 cm³/mol. The van der Waals surface area contributed by atoms with Gasteiger partial charge in [0, 0.05) is 29.8 Å². The molecule has 0 radical (unpaired) electrons.